The van der Waals surface area contributed by atoms with E-state index in [1.165, 1.54) is 6.42 Å². The van der Waals surface area contributed by atoms with Crippen molar-refractivity contribution in [2.45, 2.75) is 58.9 Å². The lowest BCUT2D eigenvalue weighted by Crippen LogP contribution is -2.39. The minimum Gasteiger partial charge on any atom is -0.326 e. The summed E-state index contributed by atoms with van der Waals surface area (Å²) in [7, 11) is 0. The molecular formula is C20H26N2O3. The Bertz CT molecular complexity index is 720. The number of Topliss-reactive ketones (excluding diaryl/α,β-unsaturated/α-hetero) is 1. The number of ketones is 1. The van der Waals surface area contributed by atoms with Crippen molar-refractivity contribution in [3.05, 3.63) is 34.4 Å². The van der Waals surface area contributed by atoms with Gasteiger partial charge in [0.15, 0.2) is 5.78 Å². The minimum absolute atomic E-state index is 0.183. The highest BCUT2D eigenvalue weighted by atomic mass is 16.2. The van der Waals surface area contributed by atoms with Crippen molar-refractivity contribution in [1.29, 1.82) is 0 Å². The van der Waals surface area contributed by atoms with E-state index in [9.17, 15) is 14.4 Å². The maximum atomic E-state index is 12.7. The molecule has 1 aliphatic heterocycles. The van der Waals surface area contributed by atoms with E-state index in [0.717, 1.165) is 47.3 Å². The SMILES string of the molecule is Cc1cc(C)c(C(=O)CN2C(=O)N[C@@H](C3CCCCC3)C2=O)cc1C. The topological polar surface area (TPSA) is 66.5 Å². The van der Waals surface area contributed by atoms with E-state index < -0.39 is 12.1 Å². The standard InChI is InChI=1S/C20H26N2O3/c1-12-9-14(3)16(10-13(12)2)17(23)11-22-19(24)18(21-20(22)25)15-7-5-4-6-8-15/h9-10,15,18H,4-8,11H2,1-3H3,(H,21,25)/t18-/m0/s1. The van der Waals surface area contributed by atoms with Gasteiger partial charge in [-0.3, -0.25) is 14.5 Å². The van der Waals surface area contributed by atoms with Crippen molar-refractivity contribution in [3.8, 4) is 0 Å². The fourth-order valence-corrected chi connectivity index (χ4v) is 3.97. The highest BCUT2D eigenvalue weighted by Crippen LogP contribution is 2.29. The molecule has 1 aromatic carbocycles. The summed E-state index contributed by atoms with van der Waals surface area (Å²) in [5.41, 5.74) is 3.63. The van der Waals surface area contributed by atoms with Crippen LogP contribution in [0.5, 0.6) is 0 Å². The summed E-state index contributed by atoms with van der Waals surface area (Å²) in [6.07, 6.45) is 5.33. The van der Waals surface area contributed by atoms with Crippen LogP contribution in [0.3, 0.4) is 0 Å². The lowest BCUT2D eigenvalue weighted by Gasteiger charge is -2.25. The number of hydrogen-bond donors (Lipinski definition) is 1. The number of rotatable bonds is 4. The second-order valence-corrected chi connectivity index (χ2v) is 7.42. The van der Waals surface area contributed by atoms with Gasteiger partial charge >= 0.3 is 6.03 Å². The van der Waals surface area contributed by atoms with Crippen molar-refractivity contribution in [2.75, 3.05) is 6.54 Å². The molecule has 0 unspecified atom stereocenters. The van der Waals surface area contributed by atoms with Crippen LogP contribution in [0, 0.1) is 26.7 Å². The summed E-state index contributed by atoms with van der Waals surface area (Å²) >= 11 is 0. The van der Waals surface area contributed by atoms with E-state index in [1.54, 1.807) is 0 Å². The normalized spacial score (nSPS) is 21.6. The van der Waals surface area contributed by atoms with Crippen LogP contribution in [0.2, 0.25) is 0 Å². The van der Waals surface area contributed by atoms with Gasteiger partial charge in [-0.1, -0.05) is 25.3 Å². The second-order valence-electron chi connectivity index (χ2n) is 7.42. The minimum atomic E-state index is -0.457. The molecule has 1 atom stereocenters. The van der Waals surface area contributed by atoms with Crippen LogP contribution in [0.15, 0.2) is 12.1 Å². The first kappa shape index (κ1) is 17.6. The molecule has 3 rings (SSSR count). The molecular weight excluding hydrogens is 316 g/mol. The Morgan fingerprint density at radius 2 is 1.68 bits per heavy atom. The maximum Gasteiger partial charge on any atom is 0.325 e. The third kappa shape index (κ3) is 3.46. The number of nitrogens with zero attached hydrogens (tertiary/aromatic N) is 1. The van der Waals surface area contributed by atoms with Crippen LogP contribution >= 0.6 is 0 Å². The van der Waals surface area contributed by atoms with Crippen molar-refractivity contribution >= 4 is 17.7 Å². The first-order valence-corrected chi connectivity index (χ1v) is 9.11. The summed E-state index contributed by atoms with van der Waals surface area (Å²) < 4.78 is 0. The molecule has 1 saturated carbocycles. The first-order valence-electron chi connectivity index (χ1n) is 9.11. The van der Waals surface area contributed by atoms with Crippen LogP contribution in [0.25, 0.3) is 0 Å². The highest BCUT2D eigenvalue weighted by molar-refractivity contribution is 6.09. The third-order valence-corrected chi connectivity index (χ3v) is 5.62. The molecule has 2 aliphatic rings. The zero-order chi connectivity index (χ0) is 18.1. The molecule has 1 aliphatic carbocycles. The predicted molar refractivity (Wildman–Crippen MR) is 95.6 cm³/mol. The van der Waals surface area contributed by atoms with Crippen molar-refractivity contribution in [2.24, 2.45) is 5.92 Å². The number of imide groups is 1. The quantitative estimate of drug-likeness (QED) is 0.674. The molecule has 134 valence electrons. The van der Waals surface area contributed by atoms with Crippen molar-refractivity contribution in [1.82, 2.24) is 10.2 Å². The van der Waals surface area contributed by atoms with Crippen LogP contribution < -0.4 is 5.32 Å². The number of carbonyl (C=O) groups is 3. The number of urea groups is 1. The molecule has 2 fully saturated rings. The van der Waals surface area contributed by atoms with Crippen molar-refractivity contribution < 1.29 is 14.4 Å². The van der Waals surface area contributed by atoms with Crippen LogP contribution in [-0.4, -0.2) is 35.2 Å². The lowest BCUT2D eigenvalue weighted by atomic mass is 9.84. The number of nitrogens with one attached hydrogen (secondary N) is 1. The molecule has 5 heteroatoms. The van der Waals surface area contributed by atoms with Crippen LogP contribution in [0.4, 0.5) is 4.79 Å². The highest BCUT2D eigenvalue weighted by Gasteiger charge is 2.43. The molecule has 1 aromatic rings. The van der Waals surface area contributed by atoms with Gasteiger partial charge in [0, 0.05) is 5.56 Å². The molecule has 1 saturated heterocycles. The van der Waals surface area contributed by atoms with Gasteiger partial charge in [0.25, 0.3) is 5.91 Å². The third-order valence-electron chi connectivity index (χ3n) is 5.62. The molecule has 0 aromatic heterocycles. The largest absolute Gasteiger partial charge is 0.326 e. The zero-order valence-electron chi connectivity index (χ0n) is 15.2. The molecule has 0 radical (unpaired) electrons. The zero-order valence-corrected chi connectivity index (χ0v) is 15.2. The van der Waals surface area contributed by atoms with Gasteiger partial charge in [-0.25, -0.2) is 4.79 Å². The number of amides is 3. The average Bonchev–Trinajstić information content (AvgIpc) is 2.87. The number of carbonyl (C=O) groups excluding carboxylic acids is 3. The Kier molecular flexibility index (Phi) is 4.93. The van der Waals surface area contributed by atoms with E-state index in [2.05, 4.69) is 5.32 Å². The Labute approximate surface area is 148 Å². The molecule has 1 N–H and O–H groups in total. The van der Waals surface area contributed by atoms with Gasteiger partial charge in [-0.15, -0.1) is 0 Å². The summed E-state index contributed by atoms with van der Waals surface area (Å²) in [4.78, 5) is 38.7. The summed E-state index contributed by atoms with van der Waals surface area (Å²) in [5, 5.41) is 2.80. The number of benzene rings is 1. The molecule has 1 heterocycles. The number of hydrogen-bond acceptors (Lipinski definition) is 3. The first-order chi connectivity index (χ1) is 11.9. The van der Waals surface area contributed by atoms with Gasteiger partial charge in [0.2, 0.25) is 0 Å². The monoisotopic (exact) mass is 342 g/mol. The van der Waals surface area contributed by atoms with E-state index in [4.69, 9.17) is 0 Å². The van der Waals surface area contributed by atoms with Gasteiger partial charge in [-0.2, -0.15) is 0 Å². The van der Waals surface area contributed by atoms with Gasteiger partial charge in [0.1, 0.15) is 6.04 Å². The Morgan fingerprint density at radius 1 is 1.04 bits per heavy atom. The van der Waals surface area contributed by atoms with Gasteiger partial charge in [0.05, 0.1) is 6.54 Å². The molecule has 5 nitrogen and oxygen atoms in total. The molecule has 0 bridgehead atoms. The predicted octanol–water partition coefficient (Wildman–Crippen LogP) is 3.30. The summed E-state index contributed by atoms with van der Waals surface area (Å²) in [6.45, 7) is 5.66. The smallest absolute Gasteiger partial charge is 0.325 e. The fourth-order valence-electron chi connectivity index (χ4n) is 3.97. The summed E-state index contributed by atoms with van der Waals surface area (Å²) in [5.74, 6) is -0.228. The Hall–Kier alpha value is -2.17. The number of aryl methyl sites for hydroxylation is 3. The fraction of sp³-hybridized carbons (Fsp3) is 0.550. The average molecular weight is 342 g/mol. The van der Waals surface area contributed by atoms with E-state index >= 15 is 0 Å². The van der Waals surface area contributed by atoms with Gasteiger partial charge < -0.3 is 5.32 Å². The van der Waals surface area contributed by atoms with Crippen molar-refractivity contribution in [3.63, 3.8) is 0 Å². The molecule has 3 amide bonds. The lowest BCUT2D eigenvalue weighted by molar-refractivity contribution is -0.128. The summed E-state index contributed by atoms with van der Waals surface area (Å²) in [6, 6.07) is 2.93. The molecule has 0 spiro atoms. The van der Waals surface area contributed by atoms with Gasteiger partial charge in [-0.05, 0) is 62.3 Å². The van der Waals surface area contributed by atoms with E-state index in [0.29, 0.717) is 5.56 Å². The second kappa shape index (κ2) is 6.98. The van der Waals surface area contributed by atoms with E-state index in [1.807, 2.05) is 32.9 Å². The Morgan fingerprint density at radius 3 is 2.36 bits per heavy atom. The van der Waals surface area contributed by atoms with E-state index in [-0.39, 0.29) is 24.2 Å². The van der Waals surface area contributed by atoms with Crippen LogP contribution in [-0.2, 0) is 4.79 Å². The maximum absolute atomic E-state index is 12.7. The van der Waals surface area contributed by atoms with Crippen LogP contribution in [0.1, 0.15) is 59.2 Å². The Balaban J connectivity index is 1.74. The molecule has 25 heavy (non-hydrogen) atoms.